The number of hydrogen-bond donors (Lipinski definition) is 0. The molecule has 0 unspecified atom stereocenters. The van der Waals surface area contributed by atoms with E-state index < -0.39 is 0 Å². The molecule has 2 aromatic rings. The molecule has 0 atom stereocenters. The number of pyridine rings is 1. The first-order chi connectivity index (χ1) is 8.72. The molecule has 1 aromatic carbocycles. The van der Waals surface area contributed by atoms with Gasteiger partial charge in [0.1, 0.15) is 5.82 Å². The number of halogens is 1. The smallest absolute Gasteiger partial charge is 0.130 e. The zero-order valence-electron chi connectivity index (χ0n) is 9.89. The summed E-state index contributed by atoms with van der Waals surface area (Å²) < 4.78 is 13.6. The van der Waals surface area contributed by atoms with Crippen molar-refractivity contribution in [1.82, 2.24) is 4.98 Å². The second kappa shape index (κ2) is 5.24. The molecule has 0 saturated carbocycles. The predicted molar refractivity (Wildman–Crippen MR) is 68.9 cm³/mol. The normalized spacial score (nSPS) is 11.1. The summed E-state index contributed by atoms with van der Waals surface area (Å²) in [6.45, 7) is 1.81. The Labute approximate surface area is 105 Å². The van der Waals surface area contributed by atoms with Gasteiger partial charge in [-0.15, -0.1) is 0 Å². The van der Waals surface area contributed by atoms with Crippen LogP contribution in [0, 0.1) is 17.1 Å². The molecule has 1 heterocycles. The number of hydrogen-bond acceptors (Lipinski definition) is 2. The van der Waals surface area contributed by atoms with Gasteiger partial charge in [-0.3, -0.25) is 4.98 Å². The van der Waals surface area contributed by atoms with E-state index in [1.807, 2.05) is 6.92 Å². The van der Waals surface area contributed by atoms with Crippen molar-refractivity contribution < 1.29 is 4.39 Å². The molecule has 0 N–H and O–H groups in total. The Morgan fingerprint density at radius 2 is 2.11 bits per heavy atom. The fraction of sp³-hybridized carbons (Fsp3) is 0.0667. The van der Waals surface area contributed by atoms with E-state index in [1.54, 1.807) is 42.7 Å². The number of nitriles is 1. The first kappa shape index (κ1) is 12.0. The maximum Gasteiger partial charge on any atom is 0.130 e. The van der Waals surface area contributed by atoms with Crippen LogP contribution in [0.3, 0.4) is 0 Å². The molecule has 0 aliphatic heterocycles. The topological polar surface area (TPSA) is 36.7 Å². The van der Waals surface area contributed by atoms with Crippen LogP contribution >= 0.6 is 0 Å². The largest absolute Gasteiger partial charge is 0.264 e. The van der Waals surface area contributed by atoms with Gasteiger partial charge in [0.05, 0.1) is 11.6 Å². The Morgan fingerprint density at radius 1 is 1.33 bits per heavy atom. The highest BCUT2D eigenvalue weighted by molar-refractivity contribution is 5.81. The van der Waals surface area contributed by atoms with Crippen molar-refractivity contribution in [3.8, 4) is 6.07 Å². The summed E-state index contributed by atoms with van der Waals surface area (Å²) in [4.78, 5) is 3.97. The molecule has 0 saturated heterocycles. The number of allylic oxidation sites excluding steroid dienone is 1. The summed E-state index contributed by atoms with van der Waals surface area (Å²) in [5.74, 6) is -0.270. The Balaban J connectivity index is 2.46. The van der Waals surface area contributed by atoms with Gasteiger partial charge < -0.3 is 0 Å². The van der Waals surface area contributed by atoms with Crippen LogP contribution in [-0.4, -0.2) is 4.98 Å². The van der Waals surface area contributed by atoms with E-state index in [0.717, 1.165) is 5.57 Å². The molecular weight excluding hydrogens is 227 g/mol. The second-order valence-corrected chi connectivity index (χ2v) is 3.88. The average molecular weight is 238 g/mol. The van der Waals surface area contributed by atoms with Crippen molar-refractivity contribution in [3.63, 3.8) is 0 Å². The zero-order chi connectivity index (χ0) is 13.0. The third kappa shape index (κ3) is 2.44. The van der Waals surface area contributed by atoms with E-state index in [-0.39, 0.29) is 5.82 Å². The minimum atomic E-state index is -0.270. The Kier molecular flexibility index (Phi) is 3.49. The SMILES string of the molecule is CC(=Cc1cnccc1C#N)c1ccccc1F. The van der Waals surface area contributed by atoms with Gasteiger partial charge >= 0.3 is 0 Å². The van der Waals surface area contributed by atoms with E-state index in [4.69, 9.17) is 5.26 Å². The van der Waals surface area contributed by atoms with Crippen molar-refractivity contribution in [1.29, 1.82) is 5.26 Å². The zero-order valence-corrected chi connectivity index (χ0v) is 9.89. The van der Waals surface area contributed by atoms with Gasteiger partial charge in [-0.1, -0.05) is 18.2 Å². The van der Waals surface area contributed by atoms with Crippen LogP contribution in [0.1, 0.15) is 23.6 Å². The van der Waals surface area contributed by atoms with Crippen molar-refractivity contribution in [3.05, 3.63) is 65.2 Å². The van der Waals surface area contributed by atoms with Crippen molar-refractivity contribution in [2.24, 2.45) is 0 Å². The lowest BCUT2D eigenvalue weighted by molar-refractivity contribution is 0.624. The van der Waals surface area contributed by atoms with Gasteiger partial charge in [0.2, 0.25) is 0 Å². The first-order valence-electron chi connectivity index (χ1n) is 5.49. The highest BCUT2D eigenvalue weighted by Gasteiger charge is 2.04. The van der Waals surface area contributed by atoms with E-state index in [1.165, 1.54) is 6.07 Å². The molecule has 18 heavy (non-hydrogen) atoms. The fourth-order valence-electron chi connectivity index (χ4n) is 1.72. The molecule has 0 aliphatic carbocycles. The molecule has 0 bridgehead atoms. The van der Waals surface area contributed by atoms with Gasteiger partial charge in [0.25, 0.3) is 0 Å². The third-order valence-electron chi connectivity index (χ3n) is 2.64. The lowest BCUT2D eigenvalue weighted by Crippen LogP contribution is -1.88. The van der Waals surface area contributed by atoms with E-state index in [9.17, 15) is 4.39 Å². The standard InChI is InChI=1S/C15H11FN2/c1-11(14-4-2-3-5-15(14)16)8-13-10-18-7-6-12(13)9-17/h2-8,10H,1H3. The Morgan fingerprint density at radius 3 is 2.83 bits per heavy atom. The highest BCUT2D eigenvalue weighted by Crippen LogP contribution is 2.21. The van der Waals surface area contributed by atoms with Crippen molar-refractivity contribution in [2.75, 3.05) is 0 Å². The monoisotopic (exact) mass is 238 g/mol. The van der Waals surface area contributed by atoms with Gasteiger partial charge in [-0.2, -0.15) is 5.26 Å². The quantitative estimate of drug-likeness (QED) is 0.800. The number of rotatable bonds is 2. The molecule has 1 aromatic heterocycles. The van der Waals surface area contributed by atoms with Crippen molar-refractivity contribution in [2.45, 2.75) is 6.92 Å². The van der Waals surface area contributed by atoms with Crippen LogP contribution in [0.5, 0.6) is 0 Å². The van der Waals surface area contributed by atoms with Gasteiger partial charge in [0.15, 0.2) is 0 Å². The summed E-state index contributed by atoms with van der Waals surface area (Å²) in [7, 11) is 0. The van der Waals surface area contributed by atoms with Crippen LogP contribution < -0.4 is 0 Å². The predicted octanol–water partition coefficient (Wildman–Crippen LogP) is 3.65. The number of benzene rings is 1. The molecule has 3 heteroatoms. The maximum atomic E-state index is 13.6. The lowest BCUT2D eigenvalue weighted by atomic mass is 10.0. The molecule has 0 radical (unpaired) electrons. The summed E-state index contributed by atoms with van der Waals surface area (Å²) >= 11 is 0. The maximum absolute atomic E-state index is 13.6. The van der Waals surface area contributed by atoms with Crippen LogP contribution in [0.25, 0.3) is 11.6 Å². The second-order valence-electron chi connectivity index (χ2n) is 3.88. The molecule has 0 amide bonds. The van der Waals surface area contributed by atoms with E-state index in [2.05, 4.69) is 11.1 Å². The summed E-state index contributed by atoms with van der Waals surface area (Å²) in [6, 6.07) is 10.3. The third-order valence-corrected chi connectivity index (χ3v) is 2.64. The van der Waals surface area contributed by atoms with Crippen LogP contribution in [0.2, 0.25) is 0 Å². The van der Waals surface area contributed by atoms with Crippen molar-refractivity contribution >= 4 is 11.6 Å². The van der Waals surface area contributed by atoms with Gasteiger partial charge in [-0.25, -0.2) is 4.39 Å². The molecule has 0 spiro atoms. The average Bonchev–Trinajstić information content (AvgIpc) is 2.39. The van der Waals surface area contributed by atoms with Crippen LogP contribution in [0.15, 0.2) is 42.7 Å². The fourth-order valence-corrected chi connectivity index (χ4v) is 1.72. The minimum Gasteiger partial charge on any atom is -0.264 e. The van der Waals surface area contributed by atoms with Crippen LogP contribution in [-0.2, 0) is 0 Å². The molecule has 2 nitrogen and oxygen atoms in total. The van der Waals surface area contributed by atoms with Crippen LogP contribution in [0.4, 0.5) is 4.39 Å². The number of aromatic nitrogens is 1. The molecular formula is C15H11FN2. The van der Waals surface area contributed by atoms with E-state index >= 15 is 0 Å². The molecule has 0 aliphatic rings. The van der Waals surface area contributed by atoms with Gasteiger partial charge in [0, 0.05) is 23.5 Å². The number of nitrogens with zero attached hydrogens (tertiary/aromatic N) is 2. The minimum absolute atomic E-state index is 0.270. The Hall–Kier alpha value is -2.47. The molecule has 2 rings (SSSR count). The summed E-state index contributed by atoms with van der Waals surface area (Å²) in [5.41, 5.74) is 2.52. The van der Waals surface area contributed by atoms with E-state index in [0.29, 0.717) is 16.7 Å². The molecule has 88 valence electrons. The lowest BCUT2D eigenvalue weighted by Gasteiger charge is -2.04. The Bertz CT molecular complexity index is 639. The van der Waals surface area contributed by atoms with Gasteiger partial charge in [-0.05, 0) is 30.7 Å². The summed E-state index contributed by atoms with van der Waals surface area (Å²) in [5, 5.41) is 8.98. The first-order valence-corrected chi connectivity index (χ1v) is 5.49. The summed E-state index contributed by atoms with van der Waals surface area (Å²) in [6.07, 6.45) is 4.93. The highest BCUT2D eigenvalue weighted by atomic mass is 19.1. The molecule has 0 fully saturated rings.